The largest absolute Gasteiger partial charge is 0.441 e. The van der Waals surface area contributed by atoms with Crippen molar-refractivity contribution in [2.45, 2.75) is 30.7 Å². The lowest BCUT2D eigenvalue weighted by Gasteiger charge is -2.15. The van der Waals surface area contributed by atoms with E-state index >= 15 is 0 Å². The van der Waals surface area contributed by atoms with Crippen LogP contribution in [0.1, 0.15) is 34.5 Å². The third kappa shape index (κ3) is 3.82. The second-order valence-corrected chi connectivity index (χ2v) is 8.70. The van der Waals surface area contributed by atoms with Crippen molar-refractivity contribution in [3.05, 3.63) is 86.9 Å². The molecule has 1 atom stereocenters. The average molecular weight is 453 g/mol. The molecule has 4 aromatic rings. The van der Waals surface area contributed by atoms with Crippen molar-refractivity contribution in [2.24, 2.45) is 5.10 Å². The van der Waals surface area contributed by atoms with Gasteiger partial charge in [-0.1, -0.05) is 47.6 Å². The number of nitrogens with zero attached hydrogens (tertiary/aromatic N) is 6. The second kappa shape index (κ2) is 7.82. The van der Waals surface area contributed by atoms with Crippen LogP contribution in [0, 0.1) is 13.8 Å². The first-order valence-electron chi connectivity index (χ1n) is 9.57. The molecule has 8 nitrogen and oxygen atoms in total. The molecule has 3 heterocycles. The molecule has 0 aliphatic carbocycles. The lowest BCUT2D eigenvalue weighted by Crippen LogP contribution is -2.14. The molecule has 1 aliphatic rings. The molecule has 31 heavy (non-hydrogen) atoms. The fraction of sp³-hybridized carbons (Fsp3) is 0.190. The third-order valence-electron chi connectivity index (χ3n) is 4.95. The Morgan fingerprint density at radius 2 is 1.81 bits per heavy atom. The van der Waals surface area contributed by atoms with Crippen LogP contribution in [-0.4, -0.2) is 30.4 Å². The Balaban J connectivity index is 1.54. The molecule has 0 amide bonds. The summed E-state index contributed by atoms with van der Waals surface area (Å²) in [6.45, 7) is 3.52. The van der Waals surface area contributed by atoms with Crippen molar-refractivity contribution in [1.29, 1.82) is 0 Å². The monoisotopic (exact) mass is 452 g/mol. The minimum Gasteiger partial charge on any atom is -0.392 e. The zero-order valence-corrected chi connectivity index (χ0v) is 18.3. The van der Waals surface area contributed by atoms with Crippen LogP contribution in [0.5, 0.6) is 0 Å². The van der Waals surface area contributed by atoms with Crippen LogP contribution < -0.4 is 5.76 Å². The van der Waals surface area contributed by atoms with E-state index in [1.807, 2.05) is 55.5 Å². The van der Waals surface area contributed by atoms with Gasteiger partial charge in [0.25, 0.3) is 0 Å². The van der Waals surface area contributed by atoms with Crippen molar-refractivity contribution in [1.82, 2.24) is 24.7 Å². The van der Waals surface area contributed by atoms with Crippen molar-refractivity contribution < 1.29 is 4.42 Å². The quantitative estimate of drug-likeness (QED) is 0.463. The number of benzene rings is 2. The summed E-state index contributed by atoms with van der Waals surface area (Å²) in [6.07, 6.45) is 0.692. The van der Waals surface area contributed by atoms with Crippen molar-refractivity contribution in [3.8, 4) is 5.69 Å². The Kier molecular flexibility index (Phi) is 4.99. The van der Waals surface area contributed by atoms with Crippen LogP contribution in [0.3, 0.4) is 0 Å². The van der Waals surface area contributed by atoms with Crippen LogP contribution in [0.25, 0.3) is 5.69 Å². The predicted molar refractivity (Wildman–Crippen MR) is 118 cm³/mol. The number of aromatic nitrogens is 5. The van der Waals surface area contributed by atoms with E-state index < -0.39 is 5.76 Å². The molecule has 0 saturated heterocycles. The van der Waals surface area contributed by atoms with Crippen molar-refractivity contribution in [2.75, 3.05) is 0 Å². The maximum absolute atomic E-state index is 11.9. The number of halogens is 1. The Hall–Kier alpha value is -3.17. The minimum atomic E-state index is -0.513. The van der Waals surface area contributed by atoms with Crippen LogP contribution in [0.2, 0.25) is 5.02 Å². The van der Waals surface area contributed by atoms with E-state index in [-0.39, 0.29) is 5.25 Å². The second-order valence-electron chi connectivity index (χ2n) is 7.10. The molecule has 156 valence electrons. The van der Waals surface area contributed by atoms with Crippen LogP contribution in [0.15, 0.2) is 68.0 Å². The highest BCUT2D eigenvalue weighted by Gasteiger charge is 2.25. The molecular formula is C21H17ClN6O2S. The van der Waals surface area contributed by atoms with Crippen LogP contribution in [0.4, 0.5) is 0 Å². The van der Waals surface area contributed by atoms with Gasteiger partial charge in [-0.15, -0.1) is 15.3 Å². The number of rotatable bonds is 3. The topological polar surface area (TPSA) is 91.1 Å². The summed E-state index contributed by atoms with van der Waals surface area (Å²) in [5, 5.41) is 19.0. The summed E-state index contributed by atoms with van der Waals surface area (Å²) in [5.41, 5.74) is 3.60. The Labute approximate surface area is 186 Å². The van der Waals surface area contributed by atoms with Crippen LogP contribution >= 0.6 is 23.4 Å². The fourth-order valence-electron chi connectivity index (χ4n) is 3.40. The van der Waals surface area contributed by atoms with E-state index in [1.54, 1.807) is 23.4 Å². The smallest absolute Gasteiger partial charge is 0.392 e. The maximum Gasteiger partial charge on any atom is 0.441 e. The molecule has 0 bridgehead atoms. The lowest BCUT2D eigenvalue weighted by molar-refractivity contribution is 0.477. The maximum atomic E-state index is 11.9. The van der Waals surface area contributed by atoms with Gasteiger partial charge in [0.05, 0.1) is 11.4 Å². The van der Waals surface area contributed by atoms with Gasteiger partial charge in [0, 0.05) is 23.6 Å². The molecule has 0 N–H and O–H groups in total. The number of aryl methyl sites for hydroxylation is 2. The van der Waals surface area contributed by atoms with E-state index in [0.29, 0.717) is 23.0 Å². The molecular weight excluding hydrogens is 436 g/mol. The van der Waals surface area contributed by atoms with Crippen molar-refractivity contribution in [3.63, 3.8) is 0 Å². The molecule has 1 unspecified atom stereocenters. The first kappa shape index (κ1) is 19.8. The highest BCUT2D eigenvalue weighted by molar-refractivity contribution is 7.99. The van der Waals surface area contributed by atoms with Crippen LogP contribution in [-0.2, 0) is 0 Å². The van der Waals surface area contributed by atoms with Gasteiger partial charge >= 0.3 is 5.76 Å². The van der Waals surface area contributed by atoms with Gasteiger partial charge in [-0.25, -0.2) is 4.79 Å². The summed E-state index contributed by atoms with van der Waals surface area (Å²) in [4.78, 5) is 11.9. The molecule has 0 fully saturated rings. The Morgan fingerprint density at radius 3 is 2.48 bits per heavy atom. The van der Waals surface area contributed by atoms with Crippen molar-refractivity contribution >= 4 is 29.1 Å². The predicted octanol–water partition coefficient (Wildman–Crippen LogP) is 4.18. The number of hydrogen-bond donors (Lipinski definition) is 0. The lowest BCUT2D eigenvalue weighted by atomic mass is 10.0. The molecule has 1 aliphatic heterocycles. The summed E-state index contributed by atoms with van der Waals surface area (Å²) in [7, 11) is 0. The van der Waals surface area contributed by atoms with Gasteiger partial charge in [-0.05, 0) is 42.3 Å². The number of fused-ring (bicyclic) bond motifs is 1. The number of thioether (sulfide) groups is 1. The minimum absolute atomic E-state index is 0.0985. The first-order valence-corrected chi connectivity index (χ1v) is 10.8. The summed E-state index contributed by atoms with van der Waals surface area (Å²) in [6, 6.07) is 15.4. The summed E-state index contributed by atoms with van der Waals surface area (Å²) < 4.78 is 8.00. The SMILES string of the molecule is Cc1nn(-c2ccc(C3=Nn4c(C)nnc4SC(c4ccc(Cl)cc4)C3)cc2)c(=O)o1. The molecule has 0 spiro atoms. The van der Waals surface area contributed by atoms with Gasteiger partial charge in [0.15, 0.2) is 5.82 Å². The van der Waals surface area contributed by atoms with Gasteiger partial charge < -0.3 is 4.42 Å². The van der Waals surface area contributed by atoms with Gasteiger partial charge in [0.1, 0.15) is 0 Å². The highest BCUT2D eigenvalue weighted by atomic mass is 35.5. The Morgan fingerprint density at radius 1 is 1.06 bits per heavy atom. The van der Waals surface area contributed by atoms with E-state index in [2.05, 4.69) is 15.3 Å². The van der Waals surface area contributed by atoms with Gasteiger partial charge in [0.2, 0.25) is 11.0 Å². The summed E-state index contributed by atoms with van der Waals surface area (Å²) >= 11 is 7.70. The molecule has 5 rings (SSSR count). The molecule has 0 saturated carbocycles. The molecule has 2 aromatic carbocycles. The standard InChI is InChI=1S/C21H17ClN6O2S/c1-12-23-24-20-27(12)26-18(11-19(31-20)15-3-7-16(22)8-4-15)14-5-9-17(10-6-14)28-21(29)30-13(2)25-28/h3-10,19H,11H2,1-2H3. The third-order valence-corrected chi connectivity index (χ3v) is 6.39. The molecule has 10 heteroatoms. The van der Waals surface area contributed by atoms with E-state index in [4.69, 9.17) is 21.1 Å². The van der Waals surface area contributed by atoms with E-state index in [0.717, 1.165) is 27.8 Å². The zero-order chi connectivity index (χ0) is 21.5. The summed E-state index contributed by atoms with van der Waals surface area (Å²) in [5.74, 6) is 0.527. The van der Waals surface area contributed by atoms with E-state index in [9.17, 15) is 4.79 Å². The highest BCUT2D eigenvalue weighted by Crippen LogP contribution is 2.40. The van der Waals surface area contributed by atoms with Gasteiger partial charge in [-0.2, -0.15) is 14.5 Å². The van der Waals surface area contributed by atoms with Gasteiger partial charge in [-0.3, -0.25) is 0 Å². The molecule has 2 aromatic heterocycles. The molecule has 0 radical (unpaired) electrons. The zero-order valence-electron chi connectivity index (χ0n) is 16.7. The van der Waals surface area contributed by atoms with E-state index in [1.165, 1.54) is 4.68 Å². The Bertz CT molecular complexity index is 1340. The fourth-order valence-corrected chi connectivity index (χ4v) is 4.68. The average Bonchev–Trinajstić information content (AvgIpc) is 3.21. The first-order chi connectivity index (χ1) is 15.0. The normalized spacial score (nSPS) is 16.0. The number of hydrogen-bond acceptors (Lipinski definition) is 7.